The van der Waals surface area contributed by atoms with Crippen LogP contribution in [0.5, 0.6) is 0 Å². The van der Waals surface area contributed by atoms with Crippen LogP contribution in [-0.2, 0) is 19.4 Å². The first-order valence-electron chi connectivity index (χ1n) is 6.01. The standard InChI is InChI=1S/C13H15NO4S2/c1-8-6-10(7-11-13(8)14-9(2)19-11)20(16,17)5-4-12(15)18-3/h6-7H,4-5H2,1-3H3. The van der Waals surface area contributed by atoms with Gasteiger partial charge in [-0.3, -0.25) is 4.79 Å². The first kappa shape index (κ1) is 14.9. The third-order valence-corrected chi connectivity index (χ3v) is 5.54. The lowest BCUT2D eigenvalue weighted by atomic mass is 10.2. The van der Waals surface area contributed by atoms with Crippen molar-refractivity contribution < 1.29 is 17.9 Å². The molecule has 0 atom stereocenters. The average Bonchev–Trinajstić information content (AvgIpc) is 2.77. The number of carbonyl (C=O) groups is 1. The maximum atomic E-state index is 12.2. The molecule has 0 N–H and O–H groups in total. The number of thiazole rings is 1. The lowest BCUT2D eigenvalue weighted by molar-refractivity contribution is -0.140. The van der Waals surface area contributed by atoms with Gasteiger partial charge in [-0.25, -0.2) is 13.4 Å². The zero-order valence-electron chi connectivity index (χ0n) is 11.5. The molecule has 0 spiro atoms. The van der Waals surface area contributed by atoms with Gasteiger partial charge in [-0.05, 0) is 31.5 Å². The summed E-state index contributed by atoms with van der Waals surface area (Å²) in [7, 11) is -2.25. The molecule has 1 heterocycles. The fourth-order valence-corrected chi connectivity index (χ4v) is 4.24. The smallest absolute Gasteiger partial charge is 0.306 e. The van der Waals surface area contributed by atoms with E-state index in [1.165, 1.54) is 18.4 Å². The summed E-state index contributed by atoms with van der Waals surface area (Å²) in [5.74, 6) is -0.775. The van der Waals surface area contributed by atoms with Crippen molar-refractivity contribution in [3.8, 4) is 0 Å². The molecule has 0 aliphatic rings. The van der Waals surface area contributed by atoms with E-state index < -0.39 is 15.8 Å². The van der Waals surface area contributed by atoms with Gasteiger partial charge in [0, 0.05) is 0 Å². The van der Waals surface area contributed by atoms with Gasteiger partial charge in [0.25, 0.3) is 0 Å². The van der Waals surface area contributed by atoms with Gasteiger partial charge in [0.1, 0.15) is 0 Å². The third-order valence-electron chi connectivity index (χ3n) is 2.93. The highest BCUT2D eigenvalue weighted by molar-refractivity contribution is 7.91. The molecule has 7 heteroatoms. The number of hydrogen-bond acceptors (Lipinski definition) is 6. The number of aryl methyl sites for hydroxylation is 2. The summed E-state index contributed by atoms with van der Waals surface area (Å²) >= 11 is 1.46. The molecule has 5 nitrogen and oxygen atoms in total. The predicted octanol–water partition coefficient (Wildman–Crippen LogP) is 2.25. The molecule has 0 aliphatic carbocycles. The Morgan fingerprint density at radius 1 is 1.35 bits per heavy atom. The third kappa shape index (κ3) is 2.99. The molecular formula is C13H15NO4S2. The second-order valence-corrected chi connectivity index (χ2v) is 7.81. The molecule has 0 radical (unpaired) electrons. The molecular weight excluding hydrogens is 298 g/mol. The molecule has 0 fully saturated rings. The second kappa shape index (κ2) is 5.49. The number of benzene rings is 1. The fourth-order valence-electron chi connectivity index (χ4n) is 1.89. The van der Waals surface area contributed by atoms with Crippen molar-refractivity contribution in [1.29, 1.82) is 0 Å². The summed E-state index contributed by atoms with van der Waals surface area (Å²) in [6, 6.07) is 3.23. The number of rotatable bonds is 4. The van der Waals surface area contributed by atoms with Crippen LogP contribution in [0.1, 0.15) is 17.0 Å². The van der Waals surface area contributed by atoms with E-state index in [2.05, 4.69) is 9.72 Å². The van der Waals surface area contributed by atoms with Crippen LogP contribution in [0.15, 0.2) is 17.0 Å². The fraction of sp³-hybridized carbons (Fsp3) is 0.385. The van der Waals surface area contributed by atoms with Crippen molar-refractivity contribution in [1.82, 2.24) is 4.98 Å². The molecule has 20 heavy (non-hydrogen) atoms. The summed E-state index contributed by atoms with van der Waals surface area (Å²) in [6.45, 7) is 3.72. The molecule has 2 aromatic rings. The Balaban J connectivity index is 2.39. The number of sulfone groups is 1. The minimum Gasteiger partial charge on any atom is -0.469 e. The van der Waals surface area contributed by atoms with E-state index in [1.807, 2.05) is 13.8 Å². The van der Waals surface area contributed by atoms with E-state index in [4.69, 9.17) is 0 Å². The lowest BCUT2D eigenvalue weighted by Crippen LogP contribution is -2.12. The van der Waals surface area contributed by atoms with E-state index in [-0.39, 0.29) is 17.1 Å². The van der Waals surface area contributed by atoms with Crippen molar-refractivity contribution >= 4 is 37.4 Å². The Hall–Kier alpha value is -1.47. The van der Waals surface area contributed by atoms with E-state index in [0.29, 0.717) is 0 Å². The molecule has 108 valence electrons. The van der Waals surface area contributed by atoms with Crippen molar-refractivity contribution in [2.45, 2.75) is 25.2 Å². The van der Waals surface area contributed by atoms with E-state index >= 15 is 0 Å². The number of fused-ring (bicyclic) bond motifs is 1. The van der Waals surface area contributed by atoms with Crippen LogP contribution in [0.4, 0.5) is 0 Å². The van der Waals surface area contributed by atoms with Crippen LogP contribution in [0.25, 0.3) is 10.2 Å². The number of hydrogen-bond donors (Lipinski definition) is 0. The lowest BCUT2D eigenvalue weighted by Gasteiger charge is -2.05. The van der Waals surface area contributed by atoms with Crippen molar-refractivity contribution in [2.24, 2.45) is 0 Å². The summed E-state index contributed by atoms with van der Waals surface area (Å²) in [5.41, 5.74) is 1.66. The largest absolute Gasteiger partial charge is 0.469 e. The number of aromatic nitrogens is 1. The second-order valence-electron chi connectivity index (χ2n) is 4.46. The molecule has 0 saturated heterocycles. The maximum Gasteiger partial charge on any atom is 0.306 e. The Bertz CT molecular complexity index is 762. The summed E-state index contributed by atoms with van der Waals surface area (Å²) in [6.07, 6.45) is -0.141. The van der Waals surface area contributed by atoms with Gasteiger partial charge in [-0.2, -0.15) is 0 Å². The highest BCUT2D eigenvalue weighted by Crippen LogP contribution is 2.28. The van der Waals surface area contributed by atoms with E-state index in [9.17, 15) is 13.2 Å². The summed E-state index contributed by atoms with van der Waals surface area (Å²) in [5, 5.41) is 0.896. The Morgan fingerprint density at radius 2 is 2.05 bits per heavy atom. The highest BCUT2D eigenvalue weighted by Gasteiger charge is 2.19. The van der Waals surface area contributed by atoms with Gasteiger partial charge < -0.3 is 4.74 Å². The summed E-state index contributed by atoms with van der Waals surface area (Å²) in [4.78, 5) is 15.7. The van der Waals surface area contributed by atoms with Crippen LogP contribution in [0.3, 0.4) is 0 Å². The van der Waals surface area contributed by atoms with Crippen LogP contribution < -0.4 is 0 Å². The van der Waals surface area contributed by atoms with Gasteiger partial charge in [0.05, 0.1) is 39.4 Å². The van der Waals surface area contributed by atoms with Gasteiger partial charge in [0.2, 0.25) is 0 Å². The molecule has 0 saturated carbocycles. The quantitative estimate of drug-likeness (QED) is 0.809. The first-order valence-corrected chi connectivity index (χ1v) is 8.48. The van der Waals surface area contributed by atoms with Crippen LogP contribution in [-0.4, -0.2) is 32.2 Å². The van der Waals surface area contributed by atoms with Crippen molar-refractivity contribution in [2.75, 3.05) is 12.9 Å². The number of methoxy groups -OCH3 is 1. The van der Waals surface area contributed by atoms with E-state index in [0.717, 1.165) is 20.8 Å². The average molecular weight is 313 g/mol. The first-order chi connectivity index (χ1) is 9.33. The van der Waals surface area contributed by atoms with Crippen LogP contribution >= 0.6 is 11.3 Å². The molecule has 0 amide bonds. The Morgan fingerprint density at radius 3 is 2.70 bits per heavy atom. The number of carbonyl (C=O) groups excluding carboxylic acids is 1. The van der Waals surface area contributed by atoms with Crippen molar-refractivity contribution in [3.05, 3.63) is 22.7 Å². The van der Waals surface area contributed by atoms with Gasteiger partial charge in [-0.1, -0.05) is 0 Å². The minimum absolute atomic E-state index is 0.141. The predicted molar refractivity (Wildman–Crippen MR) is 77.8 cm³/mol. The normalized spacial score (nSPS) is 11.8. The van der Waals surface area contributed by atoms with Gasteiger partial charge in [0.15, 0.2) is 9.84 Å². The van der Waals surface area contributed by atoms with Gasteiger partial charge in [-0.15, -0.1) is 11.3 Å². The maximum absolute atomic E-state index is 12.2. The number of esters is 1. The molecule has 2 rings (SSSR count). The van der Waals surface area contributed by atoms with Gasteiger partial charge >= 0.3 is 5.97 Å². The zero-order valence-corrected chi connectivity index (χ0v) is 13.1. The topological polar surface area (TPSA) is 73.3 Å². The molecule has 0 unspecified atom stereocenters. The number of nitrogens with zero attached hydrogens (tertiary/aromatic N) is 1. The Labute approximate surface area is 121 Å². The molecule has 1 aromatic heterocycles. The Kier molecular flexibility index (Phi) is 4.10. The van der Waals surface area contributed by atoms with E-state index in [1.54, 1.807) is 12.1 Å². The number of ether oxygens (including phenoxy) is 1. The van der Waals surface area contributed by atoms with Crippen LogP contribution in [0.2, 0.25) is 0 Å². The molecule has 0 bridgehead atoms. The zero-order chi connectivity index (χ0) is 14.9. The van der Waals surface area contributed by atoms with Crippen molar-refractivity contribution in [3.63, 3.8) is 0 Å². The molecule has 1 aromatic carbocycles. The SMILES string of the molecule is COC(=O)CCS(=O)(=O)c1cc(C)c2nc(C)sc2c1. The molecule has 0 aliphatic heterocycles. The highest BCUT2D eigenvalue weighted by atomic mass is 32.2. The monoisotopic (exact) mass is 313 g/mol. The van der Waals surface area contributed by atoms with Crippen LogP contribution in [0, 0.1) is 13.8 Å². The minimum atomic E-state index is -3.49. The summed E-state index contributed by atoms with van der Waals surface area (Å²) < 4.78 is 29.8.